The van der Waals surface area contributed by atoms with Crippen LogP contribution in [0.3, 0.4) is 0 Å². The molecular weight excluding hydrogens is 214 g/mol. The minimum absolute atomic E-state index is 0.652. The van der Waals surface area contributed by atoms with Crippen molar-refractivity contribution < 1.29 is 0 Å². The Kier molecular flexibility index (Phi) is 3.78. The topological polar surface area (TPSA) is 53.1 Å². The molecule has 1 aromatic rings. The van der Waals surface area contributed by atoms with Crippen LogP contribution in [0.25, 0.3) is 0 Å². The van der Waals surface area contributed by atoms with Crippen molar-refractivity contribution in [2.45, 2.75) is 18.8 Å². The molecule has 1 aliphatic rings. The molecule has 94 valence electrons. The van der Waals surface area contributed by atoms with Crippen LogP contribution in [0, 0.1) is 0 Å². The third-order valence-corrected chi connectivity index (χ3v) is 2.84. The third kappa shape index (κ3) is 3.56. The summed E-state index contributed by atoms with van der Waals surface area (Å²) in [4.78, 5) is 11.1. The molecule has 0 bridgehead atoms. The van der Waals surface area contributed by atoms with E-state index in [2.05, 4.69) is 45.7 Å². The molecule has 0 radical (unpaired) electrons. The van der Waals surface area contributed by atoms with Crippen LogP contribution in [0.15, 0.2) is 6.07 Å². The molecule has 5 heteroatoms. The molecule has 17 heavy (non-hydrogen) atoms. The molecule has 0 amide bonds. The van der Waals surface area contributed by atoms with Gasteiger partial charge in [-0.15, -0.1) is 0 Å². The highest BCUT2D eigenvalue weighted by Crippen LogP contribution is 2.39. The molecule has 1 heterocycles. The van der Waals surface area contributed by atoms with Gasteiger partial charge in [0.25, 0.3) is 0 Å². The summed E-state index contributed by atoms with van der Waals surface area (Å²) in [6.45, 7) is 1.84. The first-order valence-corrected chi connectivity index (χ1v) is 6.14. The lowest BCUT2D eigenvalue weighted by Gasteiger charge is -2.12. The molecule has 0 spiro atoms. The summed E-state index contributed by atoms with van der Waals surface area (Å²) in [7, 11) is 6.01. The number of aromatic nitrogens is 2. The molecule has 1 aromatic heterocycles. The maximum Gasteiger partial charge on any atom is 0.224 e. The Hall–Kier alpha value is -1.36. The summed E-state index contributed by atoms with van der Waals surface area (Å²) in [5, 5.41) is 6.36. The van der Waals surface area contributed by atoms with Crippen LogP contribution in [0.1, 0.15) is 24.5 Å². The van der Waals surface area contributed by atoms with Crippen molar-refractivity contribution in [2.75, 3.05) is 44.9 Å². The van der Waals surface area contributed by atoms with Gasteiger partial charge in [0.1, 0.15) is 5.82 Å². The number of nitrogens with zero attached hydrogens (tertiary/aromatic N) is 3. The van der Waals surface area contributed by atoms with E-state index >= 15 is 0 Å². The zero-order valence-electron chi connectivity index (χ0n) is 10.8. The van der Waals surface area contributed by atoms with E-state index in [4.69, 9.17) is 0 Å². The number of rotatable bonds is 6. The van der Waals surface area contributed by atoms with Crippen LogP contribution >= 0.6 is 0 Å². The largest absolute Gasteiger partial charge is 0.373 e. The van der Waals surface area contributed by atoms with Gasteiger partial charge in [0, 0.05) is 32.1 Å². The van der Waals surface area contributed by atoms with E-state index in [9.17, 15) is 0 Å². The highest BCUT2D eigenvalue weighted by molar-refractivity contribution is 5.43. The summed E-state index contributed by atoms with van der Waals surface area (Å²) in [5.74, 6) is 2.29. The lowest BCUT2D eigenvalue weighted by atomic mass is 10.3. The second-order valence-corrected chi connectivity index (χ2v) is 4.76. The van der Waals surface area contributed by atoms with Crippen LogP contribution in [-0.4, -0.2) is 49.1 Å². The summed E-state index contributed by atoms with van der Waals surface area (Å²) in [6, 6.07) is 2.05. The fourth-order valence-electron chi connectivity index (χ4n) is 1.65. The Bertz CT molecular complexity index is 373. The molecule has 5 nitrogen and oxygen atoms in total. The van der Waals surface area contributed by atoms with Crippen LogP contribution < -0.4 is 10.6 Å². The molecule has 1 fully saturated rings. The van der Waals surface area contributed by atoms with E-state index < -0.39 is 0 Å². The third-order valence-electron chi connectivity index (χ3n) is 2.84. The van der Waals surface area contributed by atoms with E-state index in [0.717, 1.165) is 30.5 Å². The highest BCUT2D eigenvalue weighted by atomic mass is 15.2. The second-order valence-electron chi connectivity index (χ2n) is 4.76. The Morgan fingerprint density at radius 1 is 1.35 bits per heavy atom. The molecule has 1 saturated carbocycles. The fraction of sp³-hybridized carbons (Fsp3) is 0.667. The Labute approximate surface area is 103 Å². The van der Waals surface area contributed by atoms with Gasteiger partial charge in [-0.25, -0.2) is 4.98 Å². The van der Waals surface area contributed by atoms with Gasteiger partial charge in [0.15, 0.2) is 0 Å². The Morgan fingerprint density at radius 3 is 2.71 bits per heavy atom. The average Bonchev–Trinajstić information content (AvgIpc) is 3.12. The predicted octanol–water partition coefficient (Wildman–Crippen LogP) is 1.37. The van der Waals surface area contributed by atoms with Gasteiger partial charge in [-0.1, -0.05) is 0 Å². The van der Waals surface area contributed by atoms with E-state index in [1.165, 1.54) is 12.8 Å². The number of hydrogen-bond donors (Lipinski definition) is 2. The van der Waals surface area contributed by atoms with Crippen molar-refractivity contribution in [3.8, 4) is 0 Å². The molecule has 0 unspecified atom stereocenters. The quantitative estimate of drug-likeness (QED) is 0.780. The van der Waals surface area contributed by atoms with Crippen molar-refractivity contribution in [1.29, 1.82) is 0 Å². The monoisotopic (exact) mass is 235 g/mol. The van der Waals surface area contributed by atoms with Crippen LogP contribution in [0.5, 0.6) is 0 Å². The molecule has 0 aliphatic heterocycles. The summed E-state index contributed by atoms with van der Waals surface area (Å²) >= 11 is 0. The second kappa shape index (κ2) is 5.31. The van der Waals surface area contributed by atoms with E-state index in [1.807, 2.05) is 7.05 Å². The minimum Gasteiger partial charge on any atom is -0.373 e. The van der Waals surface area contributed by atoms with Gasteiger partial charge in [-0.2, -0.15) is 4.98 Å². The van der Waals surface area contributed by atoms with Crippen molar-refractivity contribution in [3.05, 3.63) is 11.8 Å². The average molecular weight is 235 g/mol. The molecule has 0 saturated heterocycles. The van der Waals surface area contributed by atoms with Crippen molar-refractivity contribution in [1.82, 2.24) is 14.9 Å². The van der Waals surface area contributed by atoms with Gasteiger partial charge in [0.05, 0.1) is 5.69 Å². The highest BCUT2D eigenvalue weighted by Gasteiger charge is 2.26. The van der Waals surface area contributed by atoms with Gasteiger partial charge < -0.3 is 15.5 Å². The van der Waals surface area contributed by atoms with Gasteiger partial charge >= 0.3 is 0 Å². The summed E-state index contributed by atoms with van der Waals surface area (Å²) in [5.41, 5.74) is 1.16. The Morgan fingerprint density at radius 2 is 2.12 bits per heavy atom. The van der Waals surface area contributed by atoms with Crippen LogP contribution in [-0.2, 0) is 0 Å². The van der Waals surface area contributed by atoms with Crippen molar-refractivity contribution in [3.63, 3.8) is 0 Å². The zero-order valence-corrected chi connectivity index (χ0v) is 10.8. The van der Waals surface area contributed by atoms with Gasteiger partial charge in [0.2, 0.25) is 5.95 Å². The molecule has 0 aromatic carbocycles. The van der Waals surface area contributed by atoms with Crippen LogP contribution in [0.4, 0.5) is 11.8 Å². The predicted molar refractivity (Wildman–Crippen MR) is 70.6 cm³/mol. The number of hydrogen-bond acceptors (Lipinski definition) is 5. The zero-order chi connectivity index (χ0) is 12.3. The number of likely N-dealkylation sites (N-methyl/N-ethyl adjacent to an activating group) is 1. The molecule has 2 rings (SSSR count). The van der Waals surface area contributed by atoms with E-state index in [-0.39, 0.29) is 0 Å². The van der Waals surface area contributed by atoms with Gasteiger partial charge in [-0.3, -0.25) is 0 Å². The summed E-state index contributed by atoms with van der Waals surface area (Å²) in [6.07, 6.45) is 2.52. The molecule has 0 atom stereocenters. The summed E-state index contributed by atoms with van der Waals surface area (Å²) < 4.78 is 0. The van der Waals surface area contributed by atoms with Crippen LogP contribution in [0.2, 0.25) is 0 Å². The first-order chi connectivity index (χ1) is 8.19. The maximum absolute atomic E-state index is 4.56. The minimum atomic E-state index is 0.652. The normalized spacial score (nSPS) is 15.1. The Balaban J connectivity index is 2.01. The first kappa shape index (κ1) is 12.1. The molecule has 1 aliphatic carbocycles. The lowest BCUT2D eigenvalue weighted by Crippen LogP contribution is -2.21. The maximum atomic E-state index is 4.56. The lowest BCUT2D eigenvalue weighted by molar-refractivity contribution is 0.425. The smallest absolute Gasteiger partial charge is 0.224 e. The van der Waals surface area contributed by atoms with Gasteiger partial charge in [-0.05, 0) is 26.9 Å². The van der Waals surface area contributed by atoms with E-state index in [0.29, 0.717) is 5.92 Å². The first-order valence-electron chi connectivity index (χ1n) is 6.14. The molecular formula is C12H21N5. The number of nitrogens with one attached hydrogen (secondary N) is 2. The van der Waals surface area contributed by atoms with Crippen molar-refractivity contribution >= 4 is 11.8 Å². The SMILES string of the molecule is CNc1cc(C2CC2)nc(NCCN(C)C)n1. The van der Waals surface area contributed by atoms with Crippen molar-refractivity contribution in [2.24, 2.45) is 0 Å². The standard InChI is InChI=1S/C12H21N5/c1-13-11-8-10(9-4-5-9)15-12(16-11)14-6-7-17(2)3/h8-9H,4-7H2,1-3H3,(H2,13,14,15,16). The molecule has 2 N–H and O–H groups in total. The van der Waals surface area contributed by atoms with E-state index in [1.54, 1.807) is 0 Å². The fourth-order valence-corrected chi connectivity index (χ4v) is 1.65. The number of anilines is 2.